The lowest BCUT2D eigenvalue weighted by atomic mass is 9.88. The number of Topliss-reactive ketones (excluding diaryl/α,β-unsaturated/α-hetero) is 1. The molecule has 0 spiro atoms. The van der Waals surface area contributed by atoms with Crippen LogP contribution in [-0.2, 0) is 4.79 Å². The summed E-state index contributed by atoms with van der Waals surface area (Å²) in [6, 6.07) is 4.66. The van der Waals surface area contributed by atoms with Crippen molar-refractivity contribution in [3.05, 3.63) is 53.9 Å². The molecule has 3 rings (SSSR count). The molecular formula is C19H21F2N3O2. The number of likely N-dealkylation sites (tertiary alicyclic amines) is 1. The number of carbonyl (C=O) groups is 2. The molecule has 0 N–H and O–H groups in total. The van der Waals surface area contributed by atoms with Crippen LogP contribution in [0.5, 0.6) is 0 Å². The molecule has 0 radical (unpaired) electrons. The third-order valence-corrected chi connectivity index (χ3v) is 4.90. The fourth-order valence-corrected chi connectivity index (χ4v) is 3.40. The Hall–Kier alpha value is -2.57. The van der Waals surface area contributed by atoms with Crippen LogP contribution in [-0.4, -0.2) is 39.5 Å². The summed E-state index contributed by atoms with van der Waals surface area (Å²) in [6.45, 7) is 2.87. The fourth-order valence-electron chi connectivity index (χ4n) is 3.40. The maximum absolute atomic E-state index is 13.3. The highest BCUT2D eigenvalue weighted by molar-refractivity contribution is 5.98. The molecule has 1 aromatic carbocycles. The van der Waals surface area contributed by atoms with Gasteiger partial charge in [0, 0.05) is 37.0 Å². The number of aromatic nitrogens is 2. The first-order valence-corrected chi connectivity index (χ1v) is 8.78. The van der Waals surface area contributed by atoms with E-state index in [0.717, 1.165) is 12.1 Å². The minimum atomic E-state index is -1.02. The average Bonchev–Trinajstić information content (AvgIpc) is 3.18. The zero-order chi connectivity index (χ0) is 18.7. The number of hydrogen-bond donors (Lipinski definition) is 0. The smallest absolute Gasteiger partial charge is 0.247 e. The summed E-state index contributed by atoms with van der Waals surface area (Å²) in [5.74, 6) is -2.47. The van der Waals surface area contributed by atoms with Gasteiger partial charge >= 0.3 is 0 Å². The van der Waals surface area contributed by atoms with E-state index in [-0.39, 0.29) is 29.2 Å². The lowest BCUT2D eigenvalue weighted by Gasteiger charge is -2.33. The van der Waals surface area contributed by atoms with Crippen LogP contribution in [0.25, 0.3) is 0 Å². The largest absolute Gasteiger partial charge is 0.341 e. The van der Waals surface area contributed by atoms with Gasteiger partial charge in [-0.25, -0.2) is 8.78 Å². The number of rotatable bonds is 5. The third-order valence-electron chi connectivity index (χ3n) is 4.90. The van der Waals surface area contributed by atoms with Crippen LogP contribution in [0, 0.1) is 17.6 Å². The molecule has 138 valence electrons. The predicted octanol–water partition coefficient (Wildman–Crippen LogP) is 3.23. The van der Waals surface area contributed by atoms with E-state index < -0.39 is 11.6 Å². The quantitative estimate of drug-likeness (QED) is 0.769. The maximum Gasteiger partial charge on any atom is 0.247 e. The van der Waals surface area contributed by atoms with Gasteiger partial charge in [-0.05, 0) is 43.5 Å². The number of halogens is 2. The summed E-state index contributed by atoms with van der Waals surface area (Å²) >= 11 is 0. The van der Waals surface area contributed by atoms with E-state index >= 15 is 0 Å². The summed E-state index contributed by atoms with van der Waals surface area (Å²) in [7, 11) is 0. The van der Waals surface area contributed by atoms with Crippen LogP contribution < -0.4 is 0 Å². The number of hydrogen-bond acceptors (Lipinski definition) is 3. The van der Waals surface area contributed by atoms with Crippen LogP contribution in [0.1, 0.15) is 42.6 Å². The van der Waals surface area contributed by atoms with E-state index in [1.807, 2.05) is 6.92 Å². The van der Waals surface area contributed by atoms with E-state index in [4.69, 9.17) is 0 Å². The molecule has 0 saturated carbocycles. The van der Waals surface area contributed by atoms with Gasteiger partial charge in [-0.3, -0.25) is 14.3 Å². The summed E-state index contributed by atoms with van der Waals surface area (Å²) in [6.07, 6.45) is 5.07. The molecule has 1 amide bonds. The van der Waals surface area contributed by atoms with E-state index in [1.54, 1.807) is 28.0 Å². The second-order valence-corrected chi connectivity index (χ2v) is 6.50. The molecule has 1 atom stereocenters. The first-order valence-electron chi connectivity index (χ1n) is 8.78. The van der Waals surface area contributed by atoms with Gasteiger partial charge in [-0.15, -0.1) is 0 Å². The van der Waals surface area contributed by atoms with E-state index in [1.165, 1.54) is 6.07 Å². The molecule has 0 bridgehead atoms. The molecule has 0 unspecified atom stereocenters. The highest BCUT2D eigenvalue weighted by Crippen LogP contribution is 2.25. The molecule has 1 aromatic heterocycles. The fraction of sp³-hybridized carbons (Fsp3) is 0.421. The van der Waals surface area contributed by atoms with Crippen LogP contribution >= 0.6 is 0 Å². The van der Waals surface area contributed by atoms with Gasteiger partial charge < -0.3 is 4.90 Å². The van der Waals surface area contributed by atoms with Crippen molar-refractivity contribution in [3.63, 3.8) is 0 Å². The van der Waals surface area contributed by atoms with Crippen LogP contribution in [0.4, 0.5) is 8.78 Å². The zero-order valence-electron chi connectivity index (χ0n) is 14.6. The first kappa shape index (κ1) is 18.2. The van der Waals surface area contributed by atoms with Crippen LogP contribution in [0.15, 0.2) is 36.7 Å². The molecule has 1 aliphatic heterocycles. The van der Waals surface area contributed by atoms with Crippen LogP contribution in [0.3, 0.4) is 0 Å². The zero-order valence-corrected chi connectivity index (χ0v) is 14.6. The van der Waals surface area contributed by atoms with Gasteiger partial charge in [0.25, 0.3) is 0 Å². The van der Waals surface area contributed by atoms with Crippen molar-refractivity contribution in [3.8, 4) is 0 Å². The van der Waals surface area contributed by atoms with Gasteiger partial charge in [0.1, 0.15) is 6.04 Å². The minimum absolute atomic E-state index is 0.00470. The van der Waals surface area contributed by atoms with Crippen molar-refractivity contribution in [2.45, 2.75) is 32.2 Å². The molecule has 0 aliphatic carbocycles. The molecular weight excluding hydrogens is 340 g/mol. The SMILES string of the molecule is CC[C@@H](C(=O)N1CCC(C(=O)c2ccc(F)c(F)c2)CC1)n1cccn1. The van der Waals surface area contributed by atoms with Crippen LogP contribution in [0.2, 0.25) is 0 Å². The topological polar surface area (TPSA) is 55.2 Å². The van der Waals surface area contributed by atoms with Crippen molar-refractivity contribution in [2.24, 2.45) is 5.92 Å². The molecule has 1 aliphatic rings. The van der Waals surface area contributed by atoms with Crippen molar-refractivity contribution in [1.29, 1.82) is 0 Å². The highest BCUT2D eigenvalue weighted by atomic mass is 19.2. The lowest BCUT2D eigenvalue weighted by molar-refractivity contribution is -0.136. The molecule has 5 nitrogen and oxygen atoms in total. The standard InChI is InChI=1S/C19H21F2N3O2/c1-2-17(24-9-3-8-22-24)19(26)23-10-6-13(7-11-23)18(25)14-4-5-15(20)16(21)12-14/h3-5,8-9,12-13,17H,2,6-7,10-11H2,1H3/t17-/m0/s1. The number of piperidine rings is 1. The van der Waals surface area contributed by atoms with E-state index in [9.17, 15) is 18.4 Å². The van der Waals surface area contributed by atoms with E-state index in [0.29, 0.717) is 32.4 Å². The van der Waals surface area contributed by atoms with Crippen molar-refractivity contribution >= 4 is 11.7 Å². The second kappa shape index (κ2) is 7.76. The van der Waals surface area contributed by atoms with Gasteiger partial charge in [-0.1, -0.05) is 6.92 Å². The number of carbonyl (C=O) groups excluding carboxylic acids is 2. The van der Waals surface area contributed by atoms with Gasteiger partial charge in [0.05, 0.1) is 0 Å². The van der Waals surface area contributed by atoms with Gasteiger partial charge in [0.2, 0.25) is 5.91 Å². The Labute approximate surface area is 150 Å². The Morgan fingerprint density at radius 2 is 1.96 bits per heavy atom. The van der Waals surface area contributed by atoms with Gasteiger partial charge in [-0.2, -0.15) is 5.10 Å². The molecule has 7 heteroatoms. The molecule has 1 fully saturated rings. The maximum atomic E-state index is 13.3. The number of ketones is 1. The third kappa shape index (κ3) is 3.66. The minimum Gasteiger partial charge on any atom is -0.341 e. The average molecular weight is 361 g/mol. The molecule has 26 heavy (non-hydrogen) atoms. The summed E-state index contributed by atoms with van der Waals surface area (Å²) in [5, 5.41) is 4.15. The summed E-state index contributed by atoms with van der Waals surface area (Å²) < 4.78 is 28.0. The normalized spacial score (nSPS) is 16.5. The Morgan fingerprint density at radius 1 is 1.23 bits per heavy atom. The highest BCUT2D eigenvalue weighted by Gasteiger charge is 2.31. The number of amides is 1. The van der Waals surface area contributed by atoms with Gasteiger partial charge in [0.15, 0.2) is 17.4 Å². The van der Waals surface area contributed by atoms with Crippen molar-refractivity contribution in [2.75, 3.05) is 13.1 Å². The molecule has 2 heterocycles. The summed E-state index contributed by atoms with van der Waals surface area (Å²) in [4.78, 5) is 27.0. The molecule has 2 aromatic rings. The first-order chi connectivity index (χ1) is 12.5. The molecule has 1 saturated heterocycles. The Morgan fingerprint density at radius 3 is 2.54 bits per heavy atom. The Kier molecular flexibility index (Phi) is 5.44. The predicted molar refractivity (Wildman–Crippen MR) is 91.5 cm³/mol. The second-order valence-electron chi connectivity index (χ2n) is 6.50. The monoisotopic (exact) mass is 361 g/mol. The van der Waals surface area contributed by atoms with E-state index in [2.05, 4.69) is 5.10 Å². The van der Waals surface area contributed by atoms with Crippen molar-refractivity contribution in [1.82, 2.24) is 14.7 Å². The summed E-state index contributed by atoms with van der Waals surface area (Å²) in [5.41, 5.74) is 0.177. The Balaban J connectivity index is 1.62. The number of benzene rings is 1. The van der Waals surface area contributed by atoms with Crippen molar-refractivity contribution < 1.29 is 18.4 Å². The lowest BCUT2D eigenvalue weighted by Crippen LogP contribution is -2.43. The Bertz CT molecular complexity index is 784. The number of nitrogens with zero attached hydrogens (tertiary/aromatic N) is 3.